The average Bonchev–Trinajstić information content (AvgIpc) is 3.43. The highest BCUT2D eigenvalue weighted by Gasteiger charge is 2.34. The molecular formula is C22H26ClN5OS. The van der Waals surface area contributed by atoms with Crippen LogP contribution in [-0.2, 0) is 4.79 Å². The Labute approximate surface area is 186 Å². The van der Waals surface area contributed by atoms with Crippen LogP contribution < -0.4 is 5.32 Å². The summed E-state index contributed by atoms with van der Waals surface area (Å²) in [7, 11) is 0. The van der Waals surface area contributed by atoms with Crippen LogP contribution in [0.15, 0.2) is 29.4 Å². The summed E-state index contributed by atoms with van der Waals surface area (Å²) >= 11 is 7.82. The first kappa shape index (κ1) is 21.2. The predicted molar refractivity (Wildman–Crippen MR) is 118 cm³/mol. The van der Waals surface area contributed by atoms with E-state index in [1.54, 1.807) is 0 Å². The maximum absolute atomic E-state index is 12.7. The lowest BCUT2D eigenvalue weighted by molar-refractivity contribution is -0.120. The maximum Gasteiger partial charge on any atom is 0.231 e. The van der Waals surface area contributed by atoms with E-state index in [1.807, 2.05) is 24.3 Å². The van der Waals surface area contributed by atoms with E-state index in [1.165, 1.54) is 24.6 Å². The number of amides is 1. The Morgan fingerprint density at radius 2 is 1.93 bits per heavy atom. The van der Waals surface area contributed by atoms with Crippen molar-refractivity contribution in [1.82, 2.24) is 20.1 Å². The van der Waals surface area contributed by atoms with E-state index in [-0.39, 0.29) is 11.7 Å². The summed E-state index contributed by atoms with van der Waals surface area (Å²) in [6, 6.07) is 10.3. The normalized spacial score (nSPS) is 18.8. The fourth-order valence-corrected chi connectivity index (χ4v) is 5.57. The number of hydrogen-bond acceptors (Lipinski definition) is 5. The van der Waals surface area contributed by atoms with Crippen LogP contribution in [0.4, 0.5) is 0 Å². The van der Waals surface area contributed by atoms with Crippen molar-refractivity contribution in [1.29, 1.82) is 5.26 Å². The highest BCUT2D eigenvalue weighted by molar-refractivity contribution is 7.99. The molecule has 0 atom stereocenters. The molecule has 2 aliphatic rings. The lowest BCUT2D eigenvalue weighted by Gasteiger charge is -2.31. The van der Waals surface area contributed by atoms with Crippen LogP contribution in [0.25, 0.3) is 11.4 Å². The highest BCUT2D eigenvalue weighted by atomic mass is 35.5. The van der Waals surface area contributed by atoms with Gasteiger partial charge in [0.25, 0.3) is 0 Å². The van der Waals surface area contributed by atoms with Crippen molar-refractivity contribution in [2.75, 3.05) is 5.75 Å². The molecule has 30 heavy (non-hydrogen) atoms. The zero-order valence-electron chi connectivity index (χ0n) is 16.9. The van der Waals surface area contributed by atoms with Gasteiger partial charge in [-0.05, 0) is 37.8 Å². The minimum Gasteiger partial charge on any atom is -0.337 e. The van der Waals surface area contributed by atoms with Crippen LogP contribution in [0.2, 0.25) is 5.02 Å². The number of carbonyl (C=O) groups is 1. The predicted octanol–water partition coefficient (Wildman–Crippen LogP) is 5.15. The molecule has 0 spiro atoms. The van der Waals surface area contributed by atoms with Crippen LogP contribution in [0.1, 0.15) is 63.8 Å². The van der Waals surface area contributed by atoms with Crippen LogP contribution in [0, 0.1) is 11.3 Å². The first-order valence-electron chi connectivity index (χ1n) is 10.7. The van der Waals surface area contributed by atoms with Gasteiger partial charge in [0, 0.05) is 11.6 Å². The van der Waals surface area contributed by atoms with Crippen LogP contribution >= 0.6 is 23.4 Å². The zero-order chi connectivity index (χ0) is 21.0. The molecule has 2 aliphatic carbocycles. The van der Waals surface area contributed by atoms with Gasteiger partial charge in [-0.1, -0.05) is 67.6 Å². The lowest BCUT2D eigenvalue weighted by Crippen LogP contribution is -2.49. The number of halogens is 1. The molecular weight excluding hydrogens is 418 g/mol. The van der Waals surface area contributed by atoms with Gasteiger partial charge in [0.2, 0.25) is 5.91 Å². The van der Waals surface area contributed by atoms with Crippen molar-refractivity contribution in [3.05, 3.63) is 29.3 Å². The summed E-state index contributed by atoms with van der Waals surface area (Å²) in [5, 5.41) is 22.8. The molecule has 0 aliphatic heterocycles. The van der Waals surface area contributed by atoms with Gasteiger partial charge in [0.05, 0.1) is 16.8 Å². The monoisotopic (exact) mass is 443 g/mol. The Bertz CT molecular complexity index is 941. The van der Waals surface area contributed by atoms with E-state index in [4.69, 9.17) is 11.6 Å². The van der Waals surface area contributed by atoms with Crippen molar-refractivity contribution in [2.24, 2.45) is 0 Å². The Kier molecular flexibility index (Phi) is 6.64. The van der Waals surface area contributed by atoms with Crippen molar-refractivity contribution in [2.45, 2.75) is 74.5 Å². The SMILES string of the molecule is N#CC1(NC(=O)CSc2nnc(-c3ccccc3Cl)n2C2CCCC2)CCCCC1. The number of nitrogens with one attached hydrogen (secondary N) is 1. The van der Waals surface area contributed by atoms with E-state index in [0.717, 1.165) is 61.5 Å². The molecule has 0 unspecified atom stereocenters. The molecule has 1 heterocycles. The van der Waals surface area contributed by atoms with Crippen LogP contribution in [0.3, 0.4) is 0 Å². The number of nitrogens with zero attached hydrogens (tertiary/aromatic N) is 4. The molecule has 158 valence electrons. The largest absolute Gasteiger partial charge is 0.337 e. The molecule has 0 radical (unpaired) electrons. The molecule has 8 heteroatoms. The van der Waals surface area contributed by atoms with Crippen molar-refractivity contribution >= 4 is 29.3 Å². The number of aromatic nitrogens is 3. The first-order valence-corrected chi connectivity index (χ1v) is 12.0. The molecule has 0 bridgehead atoms. The molecule has 2 fully saturated rings. The van der Waals surface area contributed by atoms with Gasteiger partial charge in [0.1, 0.15) is 5.54 Å². The molecule has 1 aromatic carbocycles. The lowest BCUT2D eigenvalue weighted by atomic mass is 9.83. The van der Waals surface area contributed by atoms with Gasteiger partial charge in [-0.15, -0.1) is 10.2 Å². The van der Waals surface area contributed by atoms with E-state index < -0.39 is 5.54 Å². The van der Waals surface area contributed by atoms with Crippen molar-refractivity contribution < 1.29 is 4.79 Å². The molecule has 6 nitrogen and oxygen atoms in total. The average molecular weight is 444 g/mol. The number of benzene rings is 1. The highest BCUT2D eigenvalue weighted by Crippen LogP contribution is 2.38. The maximum atomic E-state index is 12.7. The summed E-state index contributed by atoms with van der Waals surface area (Å²) in [5.41, 5.74) is 0.151. The van der Waals surface area contributed by atoms with Crippen LogP contribution in [0.5, 0.6) is 0 Å². The molecule has 1 N–H and O–H groups in total. The Morgan fingerprint density at radius 1 is 1.20 bits per heavy atom. The minimum atomic E-state index is -0.711. The molecule has 1 aromatic heterocycles. The van der Waals surface area contributed by atoms with E-state index >= 15 is 0 Å². The van der Waals surface area contributed by atoms with E-state index in [2.05, 4.69) is 26.2 Å². The number of carbonyl (C=O) groups excluding carboxylic acids is 1. The van der Waals surface area contributed by atoms with Gasteiger partial charge in [-0.25, -0.2) is 0 Å². The Morgan fingerprint density at radius 3 is 2.63 bits per heavy atom. The topological polar surface area (TPSA) is 83.6 Å². The second-order valence-electron chi connectivity index (χ2n) is 8.19. The zero-order valence-corrected chi connectivity index (χ0v) is 18.5. The minimum absolute atomic E-state index is 0.122. The summed E-state index contributed by atoms with van der Waals surface area (Å²) < 4.78 is 2.16. The number of thioether (sulfide) groups is 1. The Balaban J connectivity index is 1.52. The second-order valence-corrected chi connectivity index (χ2v) is 9.54. The first-order chi connectivity index (χ1) is 14.6. The summed E-state index contributed by atoms with van der Waals surface area (Å²) in [4.78, 5) is 12.7. The standard InChI is InChI=1S/C22H26ClN5OS/c23-18-11-5-4-10-17(18)20-26-27-21(28(20)16-8-2-3-9-16)30-14-19(29)25-22(15-24)12-6-1-7-13-22/h4-5,10-11,16H,1-3,6-9,12-14H2,(H,25,29). The Hall–Kier alpha value is -2.04. The number of rotatable bonds is 6. The van der Waals surface area contributed by atoms with Crippen molar-refractivity contribution in [3.63, 3.8) is 0 Å². The third kappa shape index (κ3) is 4.50. The molecule has 2 aromatic rings. The third-order valence-electron chi connectivity index (χ3n) is 6.10. The van der Waals surface area contributed by atoms with E-state index in [0.29, 0.717) is 11.1 Å². The van der Waals surface area contributed by atoms with Crippen LogP contribution in [-0.4, -0.2) is 32.0 Å². The van der Waals surface area contributed by atoms with E-state index in [9.17, 15) is 10.1 Å². The molecule has 2 saturated carbocycles. The van der Waals surface area contributed by atoms with Gasteiger partial charge in [0.15, 0.2) is 11.0 Å². The molecule has 4 rings (SSSR count). The number of nitriles is 1. The summed E-state index contributed by atoms with van der Waals surface area (Å²) in [6.07, 6.45) is 9.07. The summed E-state index contributed by atoms with van der Waals surface area (Å²) in [6.45, 7) is 0. The smallest absolute Gasteiger partial charge is 0.231 e. The van der Waals surface area contributed by atoms with Crippen molar-refractivity contribution in [3.8, 4) is 17.5 Å². The van der Waals surface area contributed by atoms with Gasteiger partial charge in [-0.2, -0.15) is 5.26 Å². The summed E-state index contributed by atoms with van der Waals surface area (Å²) in [5.74, 6) is 0.858. The van der Waals surface area contributed by atoms with Gasteiger partial charge >= 0.3 is 0 Å². The third-order valence-corrected chi connectivity index (χ3v) is 7.37. The quantitative estimate of drug-likeness (QED) is 0.624. The van der Waals surface area contributed by atoms with Gasteiger partial charge < -0.3 is 5.32 Å². The fourth-order valence-electron chi connectivity index (χ4n) is 4.55. The van der Waals surface area contributed by atoms with Gasteiger partial charge in [-0.3, -0.25) is 9.36 Å². The number of hydrogen-bond donors (Lipinski definition) is 1. The fraction of sp³-hybridized carbons (Fsp3) is 0.545. The second kappa shape index (κ2) is 9.40. The molecule has 0 saturated heterocycles. The molecule has 1 amide bonds.